The second-order valence-corrected chi connectivity index (χ2v) is 5.52. The molecular formula is C13H27N. The van der Waals surface area contributed by atoms with Crippen LogP contribution in [0.2, 0.25) is 0 Å². The van der Waals surface area contributed by atoms with E-state index in [0.717, 1.165) is 23.7 Å². The first-order valence-electron chi connectivity index (χ1n) is 6.25. The van der Waals surface area contributed by atoms with Gasteiger partial charge in [0.05, 0.1) is 0 Å². The van der Waals surface area contributed by atoms with Gasteiger partial charge in [0.15, 0.2) is 0 Å². The van der Waals surface area contributed by atoms with Crippen molar-refractivity contribution in [2.45, 2.75) is 53.0 Å². The zero-order valence-corrected chi connectivity index (χ0v) is 10.5. The van der Waals surface area contributed by atoms with Crippen LogP contribution in [0.25, 0.3) is 0 Å². The van der Waals surface area contributed by atoms with Gasteiger partial charge in [-0.3, -0.25) is 0 Å². The molecule has 84 valence electrons. The number of rotatable bonds is 3. The van der Waals surface area contributed by atoms with Gasteiger partial charge in [-0.1, -0.05) is 47.0 Å². The van der Waals surface area contributed by atoms with Crippen LogP contribution in [0.1, 0.15) is 47.0 Å². The fraction of sp³-hybridized carbons (Fsp3) is 1.00. The zero-order valence-electron chi connectivity index (χ0n) is 10.5. The third-order valence-corrected chi connectivity index (χ3v) is 4.10. The summed E-state index contributed by atoms with van der Waals surface area (Å²) in [4.78, 5) is 0. The molecule has 0 heterocycles. The second kappa shape index (κ2) is 5.16. The van der Waals surface area contributed by atoms with Crippen LogP contribution in [0.3, 0.4) is 0 Å². The molecule has 3 unspecified atom stereocenters. The van der Waals surface area contributed by atoms with Gasteiger partial charge < -0.3 is 5.32 Å². The molecule has 0 spiro atoms. The lowest BCUT2D eigenvalue weighted by atomic mass is 9.68. The van der Waals surface area contributed by atoms with Gasteiger partial charge in [-0.15, -0.1) is 0 Å². The maximum atomic E-state index is 3.53. The van der Waals surface area contributed by atoms with E-state index >= 15 is 0 Å². The third kappa shape index (κ3) is 2.50. The van der Waals surface area contributed by atoms with E-state index in [1.54, 1.807) is 0 Å². The Kier molecular flexibility index (Phi) is 4.43. The maximum absolute atomic E-state index is 3.53. The molecule has 0 amide bonds. The van der Waals surface area contributed by atoms with Crippen molar-refractivity contribution in [1.82, 2.24) is 5.32 Å². The van der Waals surface area contributed by atoms with Crippen LogP contribution in [-0.4, -0.2) is 13.1 Å². The molecule has 1 heteroatoms. The van der Waals surface area contributed by atoms with E-state index in [4.69, 9.17) is 0 Å². The normalized spacial score (nSPS) is 36.0. The van der Waals surface area contributed by atoms with E-state index in [1.807, 2.05) is 0 Å². The smallest absolute Gasteiger partial charge is 0.0120 e. The van der Waals surface area contributed by atoms with Gasteiger partial charge in [0, 0.05) is 6.04 Å². The molecule has 3 atom stereocenters. The highest BCUT2D eigenvalue weighted by atomic mass is 14.9. The lowest BCUT2D eigenvalue weighted by Gasteiger charge is -2.41. The highest BCUT2D eigenvalue weighted by Gasteiger charge is 2.34. The highest BCUT2D eigenvalue weighted by molar-refractivity contribution is 4.87. The first kappa shape index (κ1) is 12.0. The first-order valence-corrected chi connectivity index (χ1v) is 6.25. The summed E-state index contributed by atoms with van der Waals surface area (Å²) in [6, 6.07) is 0.709. The van der Waals surface area contributed by atoms with Crippen molar-refractivity contribution in [3.8, 4) is 0 Å². The maximum Gasteiger partial charge on any atom is 0.0120 e. The zero-order chi connectivity index (χ0) is 10.7. The van der Waals surface area contributed by atoms with Crippen molar-refractivity contribution >= 4 is 0 Å². The molecule has 1 aliphatic rings. The van der Waals surface area contributed by atoms with Crippen LogP contribution in [0, 0.1) is 23.7 Å². The van der Waals surface area contributed by atoms with E-state index in [9.17, 15) is 0 Å². The summed E-state index contributed by atoms with van der Waals surface area (Å²) in [6.45, 7) is 9.56. The Morgan fingerprint density at radius 2 is 1.57 bits per heavy atom. The molecule has 1 N–H and O–H groups in total. The molecule has 0 radical (unpaired) electrons. The third-order valence-electron chi connectivity index (χ3n) is 4.10. The van der Waals surface area contributed by atoms with Gasteiger partial charge in [0.2, 0.25) is 0 Å². The Morgan fingerprint density at radius 3 is 1.93 bits per heavy atom. The van der Waals surface area contributed by atoms with Crippen LogP contribution < -0.4 is 5.32 Å². The van der Waals surface area contributed by atoms with Gasteiger partial charge in [-0.05, 0) is 30.7 Å². The number of hydrogen-bond acceptors (Lipinski definition) is 1. The average Bonchev–Trinajstić information content (AvgIpc) is 2.10. The molecule has 0 aromatic heterocycles. The van der Waals surface area contributed by atoms with Crippen molar-refractivity contribution in [3.05, 3.63) is 0 Å². The lowest BCUT2D eigenvalue weighted by molar-refractivity contribution is 0.112. The highest BCUT2D eigenvalue weighted by Crippen LogP contribution is 2.38. The van der Waals surface area contributed by atoms with E-state index in [1.165, 1.54) is 19.3 Å². The van der Waals surface area contributed by atoms with Crippen LogP contribution in [0.4, 0.5) is 0 Å². The fourth-order valence-corrected chi connectivity index (χ4v) is 3.39. The molecule has 1 nitrogen and oxygen atoms in total. The predicted molar refractivity (Wildman–Crippen MR) is 63.4 cm³/mol. The monoisotopic (exact) mass is 197 g/mol. The molecule has 0 aromatic rings. The molecule has 14 heavy (non-hydrogen) atoms. The standard InChI is InChI=1S/C13H27N/c1-9(2)13(14-5)12-10(3)7-6-8-11(12)4/h9-14H,6-8H2,1-5H3. The minimum absolute atomic E-state index is 0.709. The molecular weight excluding hydrogens is 170 g/mol. The molecule has 1 fully saturated rings. The summed E-state index contributed by atoms with van der Waals surface area (Å²) in [6.07, 6.45) is 4.30. The fourth-order valence-electron chi connectivity index (χ4n) is 3.39. The molecule has 1 rings (SSSR count). The topological polar surface area (TPSA) is 12.0 Å². The van der Waals surface area contributed by atoms with Crippen molar-refractivity contribution in [1.29, 1.82) is 0 Å². The molecule has 0 aromatic carbocycles. The van der Waals surface area contributed by atoms with Crippen molar-refractivity contribution in [2.24, 2.45) is 23.7 Å². The quantitative estimate of drug-likeness (QED) is 0.732. The number of hydrogen-bond donors (Lipinski definition) is 1. The molecule has 0 aliphatic heterocycles. The molecule has 1 aliphatic carbocycles. The summed E-state index contributed by atoms with van der Waals surface area (Å²) in [5, 5.41) is 3.53. The van der Waals surface area contributed by atoms with Crippen LogP contribution in [-0.2, 0) is 0 Å². The van der Waals surface area contributed by atoms with Gasteiger partial charge in [0.25, 0.3) is 0 Å². The molecule has 1 saturated carbocycles. The summed E-state index contributed by atoms with van der Waals surface area (Å²) in [7, 11) is 2.12. The summed E-state index contributed by atoms with van der Waals surface area (Å²) in [5.74, 6) is 3.44. The van der Waals surface area contributed by atoms with Crippen molar-refractivity contribution in [2.75, 3.05) is 7.05 Å². The first-order chi connectivity index (χ1) is 6.57. The Labute approximate surface area is 89.7 Å². The van der Waals surface area contributed by atoms with E-state index in [0.29, 0.717) is 6.04 Å². The minimum atomic E-state index is 0.709. The van der Waals surface area contributed by atoms with Crippen LogP contribution in [0.5, 0.6) is 0 Å². The molecule has 0 saturated heterocycles. The largest absolute Gasteiger partial charge is 0.316 e. The Bertz CT molecular complexity index is 155. The van der Waals surface area contributed by atoms with E-state index in [2.05, 4.69) is 40.1 Å². The molecule has 0 bridgehead atoms. The Balaban J connectivity index is 2.69. The summed E-state index contributed by atoms with van der Waals surface area (Å²) < 4.78 is 0. The van der Waals surface area contributed by atoms with Crippen molar-refractivity contribution < 1.29 is 0 Å². The van der Waals surface area contributed by atoms with Crippen LogP contribution >= 0.6 is 0 Å². The SMILES string of the molecule is CNC(C(C)C)C1C(C)CCCC1C. The second-order valence-electron chi connectivity index (χ2n) is 5.52. The van der Waals surface area contributed by atoms with Crippen LogP contribution in [0.15, 0.2) is 0 Å². The van der Waals surface area contributed by atoms with Gasteiger partial charge >= 0.3 is 0 Å². The van der Waals surface area contributed by atoms with Gasteiger partial charge in [-0.25, -0.2) is 0 Å². The van der Waals surface area contributed by atoms with Crippen molar-refractivity contribution in [3.63, 3.8) is 0 Å². The Hall–Kier alpha value is -0.0400. The predicted octanol–water partition coefficient (Wildman–Crippen LogP) is 3.30. The van der Waals surface area contributed by atoms with E-state index < -0.39 is 0 Å². The van der Waals surface area contributed by atoms with Gasteiger partial charge in [0.1, 0.15) is 0 Å². The minimum Gasteiger partial charge on any atom is -0.316 e. The Morgan fingerprint density at radius 1 is 1.07 bits per heavy atom. The van der Waals surface area contributed by atoms with Gasteiger partial charge in [-0.2, -0.15) is 0 Å². The van der Waals surface area contributed by atoms with E-state index in [-0.39, 0.29) is 0 Å². The number of nitrogens with one attached hydrogen (secondary N) is 1. The summed E-state index contributed by atoms with van der Waals surface area (Å²) in [5.41, 5.74) is 0. The summed E-state index contributed by atoms with van der Waals surface area (Å²) >= 11 is 0. The lowest BCUT2D eigenvalue weighted by Crippen LogP contribution is -2.45. The average molecular weight is 197 g/mol.